The van der Waals surface area contributed by atoms with Gasteiger partial charge in [0, 0.05) is 31.2 Å². The molecule has 0 radical (unpaired) electrons. The van der Waals surface area contributed by atoms with Crippen LogP contribution in [0, 0.1) is 18.6 Å². The van der Waals surface area contributed by atoms with Gasteiger partial charge >= 0.3 is 0 Å². The van der Waals surface area contributed by atoms with Gasteiger partial charge in [-0.05, 0) is 73.4 Å². The van der Waals surface area contributed by atoms with E-state index in [1.54, 1.807) is 19.1 Å². The minimum atomic E-state index is -3.57. The van der Waals surface area contributed by atoms with Gasteiger partial charge in [0.15, 0.2) is 6.17 Å². The summed E-state index contributed by atoms with van der Waals surface area (Å²) in [7, 11) is 0. The lowest BCUT2D eigenvalue weighted by molar-refractivity contribution is -0.0638. The standard InChI is InChI=1S/C23H20ClF4N.C9H9F3/c1-15(25)23(27,28)13-17-9-18(12-20(26)10-17)21(11-16-5-3-2-4-6-16)22-8-7-19(24)14-29-22;1-6-3-4-8(10)7(5-6)9(2,11)12/h2-10,12,14-15,21H,11,13H2,1H3;3-5H,1-2H3. The van der Waals surface area contributed by atoms with Crippen molar-refractivity contribution in [2.24, 2.45) is 0 Å². The first kappa shape index (κ1) is 32.1. The van der Waals surface area contributed by atoms with Crippen LogP contribution in [-0.2, 0) is 18.8 Å². The van der Waals surface area contributed by atoms with Crippen LogP contribution in [0.15, 0.2) is 85.1 Å². The molecule has 1 nitrogen and oxygen atoms in total. The summed E-state index contributed by atoms with van der Waals surface area (Å²) in [6, 6.07) is 20.5. The summed E-state index contributed by atoms with van der Waals surface area (Å²) in [4.78, 5) is 4.35. The van der Waals surface area contributed by atoms with Gasteiger partial charge < -0.3 is 0 Å². The first-order chi connectivity index (χ1) is 19.2. The molecule has 4 rings (SSSR count). The lowest BCUT2D eigenvalue weighted by atomic mass is 9.87. The Morgan fingerprint density at radius 3 is 2.10 bits per heavy atom. The highest BCUT2D eigenvalue weighted by atomic mass is 35.5. The summed E-state index contributed by atoms with van der Waals surface area (Å²) < 4.78 is 93.4. The third kappa shape index (κ3) is 9.32. The molecule has 0 saturated carbocycles. The normalized spacial score (nSPS) is 13.2. The average molecular weight is 596 g/mol. The molecule has 0 aliphatic carbocycles. The second-order valence-corrected chi connectivity index (χ2v) is 10.4. The molecule has 0 spiro atoms. The average Bonchev–Trinajstić information content (AvgIpc) is 2.89. The Kier molecular flexibility index (Phi) is 10.6. The second kappa shape index (κ2) is 13.5. The van der Waals surface area contributed by atoms with E-state index < -0.39 is 41.6 Å². The smallest absolute Gasteiger partial charge is 0.259 e. The monoisotopic (exact) mass is 595 g/mol. The van der Waals surface area contributed by atoms with Crippen molar-refractivity contribution in [2.45, 2.75) is 57.5 Å². The molecule has 1 aromatic heterocycles. The van der Waals surface area contributed by atoms with Crippen LogP contribution in [0.2, 0.25) is 5.02 Å². The molecule has 4 aromatic rings. The van der Waals surface area contributed by atoms with E-state index in [2.05, 4.69) is 4.98 Å². The van der Waals surface area contributed by atoms with Gasteiger partial charge in [-0.2, -0.15) is 0 Å². The molecule has 3 aromatic carbocycles. The van der Waals surface area contributed by atoms with Crippen LogP contribution in [0.5, 0.6) is 0 Å². The van der Waals surface area contributed by atoms with Crippen molar-refractivity contribution in [2.75, 3.05) is 0 Å². The van der Waals surface area contributed by atoms with Crippen LogP contribution in [0.3, 0.4) is 0 Å². The van der Waals surface area contributed by atoms with E-state index in [0.29, 0.717) is 35.2 Å². The molecule has 0 fully saturated rings. The molecule has 41 heavy (non-hydrogen) atoms. The predicted molar refractivity (Wildman–Crippen MR) is 148 cm³/mol. The number of benzene rings is 3. The Balaban J connectivity index is 0.000000322. The summed E-state index contributed by atoms with van der Waals surface area (Å²) in [6.45, 7) is 3.13. The number of rotatable bonds is 8. The number of pyridine rings is 1. The number of hydrogen-bond acceptors (Lipinski definition) is 1. The highest BCUT2D eigenvalue weighted by molar-refractivity contribution is 6.30. The predicted octanol–water partition coefficient (Wildman–Crippen LogP) is 10.0. The van der Waals surface area contributed by atoms with Gasteiger partial charge in [-0.25, -0.2) is 30.7 Å². The molecule has 0 aliphatic rings. The Morgan fingerprint density at radius 2 is 1.54 bits per heavy atom. The quantitative estimate of drug-likeness (QED) is 0.185. The topological polar surface area (TPSA) is 12.9 Å². The SMILES string of the molecule is CC(F)C(F)(F)Cc1cc(F)cc(C(Cc2ccccc2)c2ccc(Cl)cn2)c1.Cc1ccc(F)c(C(C)(F)F)c1. The third-order valence-corrected chi connectivity index (χ3v) is 6.61. The van der Waals surface area contributed by atoms with Crippen molar-refractivity contribution >= 4 is 11.6 Å². The maximum absolute atomic E-state index is 14.3. The largest absolute Gasteiger partial charge is 0.282 e. The second-order valence-electron chi connectivity index (χ2n) is 9.96. The fraction of sp³-hybridized carbons (Fsp3) is 0.281. The Bertz CT molecular complexity index is 1420. The molecule has 0 bridgehead atoms. The van der Waals surface area contributed by atoms with Gasteiger partial charge in [0.05, 0.1) is 10.6 Å². The fourth-order valence-corrected chi connectivity index (χ4v) is 4.32. The van der Waals surface area contributed by atoms with Crippen LogP contribution in [-0.4, -0.2) is 17.1 Å². The summed E-state index contributed by atoms with van der Waals surface area (Å²) >= 11 is 5.93. The number of halogens is 8. The van der Waals surface area contributed by atoms with Crippen molar-refractivity contribution in [1.82, 2.24) is 4.98 Å². The first-order valence-electron chi connectivity index (χ1n) is 12.8. The van der Waals surface area contributed by atoms with Crippen molar-refractivity contribution in [3.63, 3.8) is 0 Å². The molecule has 0 saturated heterocycles. The summed E-state index contributed by atoms with van der Waals surface area (Å²) in [5.41, 5.74) is 2.26. The minimum absolute atomic E-state index is 0.0431. The van der Waals surface area contributed by atoms with Gasteiger partial charge in [-0.15, -0.1) is 0 Å². The van der Waals surface area contributed by atoms with E-state index in [9.17, 15) is 30.7 Å². The van der Waals surface area contributed by atoms with Gasteiger partial charge in [0.1, 0.15) is 11.6 Å². The number of hydrogen-bond donors (Lipinski definition) is 0. The lowest BCUT2D eigenvalue weighted by Gasteiger charge is -2.21. The molecule has 0 N–H and O–H groups in total. The molecule has 2 unspecified atom stereocenters. The summed E-state index contributed by atoms with van der Waals surface area (Å²) in [5, 5.41) is 0.462. The van der Waals surface area contributed by atoms with E-state index >= 15 is 0 Å². The van der Waals surface area contributed by atoms with E-state index in [-0.39, 0.29) is 11.5 Å². The van der Waals surface area contributed by atoms with Crippen LogP contribution in [0.25, 0.3) is 0 Å². The molecule has 9 heteroatoms. The van der Waals surface area contributed by atoms with E-state index in [1.165, 1.54) is 24.4 Å². The maximum Gasteiger partial charge on any atom is 0.282 e. The maximum atomic E-state index is 14.3. The first-order valence-corrected chi connectivity index (χ1v) is 13.1. The minimum Gasteiger partial charge on any atom is -0.259 e. The zero-order chi connectivity index (χ0) is 30.4. The number of alkyl halides is 5. The number of aryl methyl sites for hydroxylation is 1. The van der Waals surface area contributed by atoms with Crippen molar-refractivity contribution in [1.29, 1.82) is 0 Å². The molecule has 2 atom stereocenters. The molecular formula is C32H29ClF7N. The van der Waals surface area contributed by atoms with Crippen LogP contribution < -0.4 is 0 Å². The van der Waals surface area contributed by atoms with Crippen molar-refractivity contribution in [3.05, 3.63) is 135 Å². The van der Waals surface area contributed by atoms with E-state index in [4.69, 9.17) is 11.6 Å². The van der Waals surface area contributed by atoms with Gasteiger partial charge in [0.25, 0.3) is 11.8 Å². The van der Waals surface area contributed by atoms with Gasteiger partial charge in [0.2, 0.25) is 0 Å². The molecule has 0 amide bonds. The molecular weight excluding hydrogens is 567 g/mol. The Labute approximate surface area is 240 Å². The molecule has 0 aliphatic heterocycles. The zero-order valence-corrected chi connectivity index (χ0v) is 23.4. The fourth-order valence-electron chi connectivity index (χ4n) is 4.20. The third-order valence-electron chi connectivity index (χ3n) is 6.39. The van der Waals surface area contributed by atoms with Crippen LogP contribution >= 0.6 is 11.6 Å². The van der Waals surface area contributed by atoms with E-state index in [0.717, 1.165) is 30.7 Å². The summed E-state index contributed by atoms with van der Waals surface area (Å²) in [5.74, 6) is -8.55. The van der Waals surface area contributed by atoms with Crippen molar-refractivity contribution in [3.8, 4) is 0 Å². The van der Waals surface area contributed by atoms with E-state index in [1.807, 2.05) is 30.3 Å². The van der Waals surface area contributed by atoms with Crippen molar-refractivity contribution < 1.29 is 30.7 Å². The summed E-state index contributed by atoms with van der Waals surface area (Å²) in [6.07, 6.45) is -1.21. The van der Waals surface area contributed by atoms with Crippen LogP contribution in [0.1, 0.15) is 53.3 Å². The molecule has 218 valence electrons. The van der Waals surface area contributed by atoms with Crippen LogP contribution in [0.4, 0.5) is 30.7 Å². The molecule has 1 heterocycles. The highest BCUT2D eigenvalue weighted by Gasteiger charge is 2.37. The number of aromatic nitrogens is 1. The lowest BCUT2D eigenvalue weighted by Crippen LogP contribution is -2.30. The van der Waals surface area contributed by atoms with Gasteiger partial charge in [-0.3, -0.25) is 4.98 Å². The zero-order valence-electron chi connectivity index (χ0n) is 22.6. The van der Waals surface area contributed by atoms with Gasteiger partial charge in [-0.1, -0.05) is 59.6 Å². The Morgan fingerprint density at radius 1 is 0.854 bits per heavy atom. The number of nitrogens with zero attached hydrogens (tertiary/aromatic N) is 1. The highest BCUT2D eigenvalue weighted by Crippen LogP contribution is 2.32. The Hall–Kier alpha value is -3.39.